The average Bonchev–Trinajstić information content (AvgIpc) is 3.57. The second-order valence-corrected chi connectivity index (χ2v) is 9.74. The number of amides is 1. The predicted molar refractivity (Wildman–Crippen MR) is 144 cm³/mol. The van der Waals surface area contributed by atoms with Crippen LogP contribution in [0.5, 0.6) is 0 Å². The van der Waals surface area contributed by atoms with Crippen molar-refractivity contribution in [2.45, 2.75) is 25.9 Å². The Balaban J connectivity index is 1.45. The number of furan rings is 1. The first-order valence-electron chi connectivity index (χ1n) is 12.2. The fourth-order valence-corrected chi connectivity index (χ4v) is 4.57. The quantitative estimate of drug-likeness (QED) is 0.263. The van der Waals surface area contributed by atoms with Gasteiger partial charge < -0.3 is 19.1 Å². The lowest BCUT2D eigenvalue weighted by molar-refractivity contribution is -0.131. The van der Waals surface area contributed by atoms with Crippen LogP contribution in [0.15, 0.2) is 83.5 Å². The van der Waals surface area contributed by atoms with Crippen molar-refractivity contribution in [3.05, 3.63) is 102 Å². The van der Waals surface area contributed by atoms with Gasteiger partial charge in [-0.15, -0.1) is 0 Å². The fourth-order valence-electron chi connectivity index (χ4n) is 3.86. The Labute approximate surface area is 217 Å². The highest BCUT2D eigenvalue weighted by Crippen LogP contribution is 2.22. The number of aromatic nitrogens is 2. The van der Waals surface area contributed by atoms with Crippen molar-refractivity contribution in [1.29, 1.82) is 0 Å². The fraction of sp³-hybridized carbons (Fsp3) is 0.321. The van der Waals surface area contributed by atoms with Gasteiger partial charge in [0.1, 0.15) is 11.6 Å². The Hall–Kier alpha value is -3.49. The third-order valence-corrected chi connectivity index (χ3v) is 6.66. The average molecular weight is 504 g/mol. The molecule has 0 saturated carbocycles. The van der Waals surface area contributed by atoms with E-state index < -0.39 is 0 Å². The zero-order chi connectivity index (χ0) is 25.2. The molecule has 2 heterocycles. The van der Waals surface area contributed by atoms with E-state index in [1.165, 1.54) is 17.1 Å². The van der Waals surface area contributed by atoms with E-state index in [1.54, 1.807) is 6.26 Å². The lowest BCUT2D eigenvalue weighted by atomic mass is 10.1. The molecule has 0 unspecified atom stereocenters. The number of nitrogens with zero attached hydrogens (tertiary/aromatic N) is 5. The number of carbonyl (C=O) groups is 1. The molecule has 4 aromatic rings. The summed E-state index contributed by atoms with van der Waals surface area (Å²) in [7, 11) is 4.05. The van der Waals surface area contributed by atoms with Gasteiger partial charge in [0.2, 0.25) is 11.0 Å². The van der Waals surface area contributed by atoms with Crippen molar-refractivity contribution in [2.75, 3.05) is 38.6 Å². The molecule has 0 N–H and O–H groups in total. The molecule has 0 radical (unpaired) electrons. The molecule has 7 nitrogen and oxygen atoms in total. The molecular weight excluding hydrogens is 470 g/mol. The molecule has 0 atom stereocenters. The highest BCUT2D eigenvalue weighted by Gasteiger charge is 2.19. The van der Waals surface area contributed by atoms with E-state index in [-0.39, 0.29) is 5.91 Å². The van der Waals surface area contributed by atoms with Crippen LogP contribution in [-0.2, 0) is 24.3 Å². The van der Waals surface area contributed by atoms with Gasteiger partial charge >= 0.3 is 0 Å². The molecular formula is C28H33N5O2S. The van der Waals surface area contributed by atoms with Gasteiger partial charge in [0, 0.05) is 50.6 Å². The summed E-state index contributed by atoms with van der Waals surface area (Å²) in [5.74, 6) is 1.74. The minimum Gasteiger partial charge on any atom is -0.467 e. The molecule has 2 aromatic heterocycles. The van der Waals surface area contributed by atoms with Crippen molar-refractivity contribution in [2.24, 2.45) is 0 Å². The summed E-state index contributed by atoms with van der Waals surface area (Å²) in [5, 5.41) is 0.799. The molecule has 0 aliphatic heterocycles. The largest absolute Gasteiger partial charge is 0.467 e. The smallest absolute Gasteiger partial charge is 0.224 e. The minimum atomic E-state index is 0.124. The number of rotatable bonds is 13. The predicted octanol–water partition coefficient (Wildman–Crippen LogP) is 4.71. The van der Waals surface area contributed by atoms with Gasteiger partial charge in [0.15, 0.2) is 0 Å². The second kappa shape index (κ2) is 13.0. The van der Waals surface area contributed by atoms with Crippen LogP contribution in [0, 0.1) is 0 Å². The molecule has 0 bridgehead atoms. The molecule has 1 amide bonds. The molecule has 0 aliphatic rings. The lowest BCUT2D eigenvalue weighted by Gasteiger charge is -2.26. The molecule has 2 aromatic carbocycles. The van der Waals surface area contributed by atoms with Crippen molar-refractivity contribution in [3.8, 4) is 0 Å². The number of likely N-dealkylation sites (N-methyl/N-ethyl adjacent to an activating group) is 1. The van der Waals surface area contributed by atoms with Gasteiger partial charge in [-0.2, -0.15) is 4.37 Å². The normalized spacial score (nSPS) is 11.1. The summed E-state index contributed by atoms with van der Waals surface area (Å²) in [5.41, 5.74) is 2.30. The Kier molecular flexibility index (Phi) is 9.24. The molecule has 36 heavy (non-hydrogen) atoms. The summed E-state index contributed by atoms with van der Waals surface area (Å²) in [6.45, 7) is 3.17. The Morgan fingerprint density at radius 1 is 0.861 bits per heavy atom. The van der Waals surface area contributed by atoms with Crippen molar-refractivity contribution in [1.82, 2.24) is 19.2 Å². The SMILES string of the molecule is CN(C)CCN(Cc1ccccc1)C(=O)CCN(Cc1ccco1)c1nc(Cc2ccccc2)ns1. The van der Waals surface area contributed by atoms with Gasteiger partial charge in [-0.05, 0) is 37.4 Å². The van der Waals surface area contributed by atoms with E-state index in [0.717, 1.165) is 28.8 Å². The van der Waals surface area contributed by atoms with E-state index in [0.29, 0.717) is 39.0 Å². The second-order valence-electron chi connectivity index (χ2n) is 9.01. The number of carbonyl (C=O) groups excluding carboxylic acids is 1. The maximum atomic E-state index is 13.4. The lowest BCUT2D eigenvalue weighted by Crippen LogP contribution is -2.38. The summed E-state index contributed by atoms with van der Waals surface area (Å²) in [4.78, 5) is 24.3. The first-order valence-corrected chi connectivity index (χ1v) is 12.9. The Morgan fingerprint density at radius 3 is 2.25 bits per heavy atom. The topological polar surface area (TPSA) is 65.7 Å². The first kappa shape index (κ1) is 25.6. The highest BCUT2D eigenvalue weighted by atomic mass is 32.1. The molecule has 8 heteroatoms. The van der Waals surface area contributed by atoms with Gasteiger partial charge in [0.25, 0.3) is 0 Å². The van der Waals surface area contributed by atoms with Gasteiger partial charge in [-0.25, -0.2) is 4.98 Å². The summed E-state index contributed by atoms with van der Waals surface area (Å²) >= 11 is 1.37. The van der Waals surface area contributed by atoms with Crippen LogP contribution < -0.4 is 4.90 Å². The van der Waals surface area contributed by atoms with E-state index >= 15 is 0 Å². The van der Waals surface area contributed by atoms with Crippen LogP contribution in [0.1, 0.15) is 29.1 Å². The number of anilines is 1. The molecule has 188 valence electrons. The van der Waals surface area contributed by atoms with Crippen LogP contribution in [0.4, 0.5) is 5.13 Å². The van der Waals surface area contributed by atoms with E-state index in [9.17, 15) is 4.79 Å². The minimum absolute atomic E-state index is 0.124. The summed E-state index contributed by atoms with van der Waals surface area (Å²) in [6.07, 6.45) is 2.73. The summed E-state index contributed by atoms with van der Waals surface area (Å²) in [6, 6.07) is 24.2. The molecule has 4 rings (SSSR count). The van der Waals surface area contributed by atoms with Crippen LogP contribution in [0.2, 0.25) is 0 Å². The zero-order valence-electron chi connectivity index (χ0n) is 20.9. The van der Waals surface area contributed by atoms with E-state index in [2.05, 4.69) is 38.4 Å². The maximum Gasteiger partial charge on any atom is 0.224 e. The molecule has 0 aliphatic carbocycles. The first-order chi connectivity index (χ1) is 17.6. The number of hydrogen-bond acceptors (Lipinski definition) is 7. The van der Waals surface area contributed by atoms with Crippen LogP contribution >= 0.6 is 11.5 Å². The molecule has 0 saturated heterocycles. The standard InChI is InChI=1S/C28H33N5O2S/c1-31(2)17-18-32(21-24-12-7-4-8-13-24)27(34)15-16-33(22-25-14-9-19-35-25)28-29-26(30-36-28)20-23-10-5-3-6-11-23/h3-14,19H,15-18,20-22H2,1-2H3. The third kappa shape index (κ3) is 7.76. The van der Waals surface area contributed by atoms with Crippen molar-refractivity contribution in [3.63, 3.8) is 0 Å². The van der Waals surface area contributed by atoms with Crippen LogP contribution in [0.25, 0.3) is 0 Å². The van der Waals surface area contributed by atoms with Crippen LogP contribution in [-0.4, -0.2) is 58.8 Å². The maximum absolute atomic E-state index is 13.4. The van der Waals surface area contributed by atoms with Gasteiger partial charge in [-0.3, -0.25) is 4.79 Å². The summed E-state index contributed by atoms with van der Waals surface area (Å²) < 4.78 is 10.2. The van der Waals surface area contributed by atoms with E-state index in [4.69, 9.17) is 9.40 Å². The molecule has 0 spiro atoms. The van der Waals surface area contributed by atoms with Gasteiger partial charge in [0.05, 0.1) is 12.8 Å². The van der Waals surface area contributed by atoms with Crippen LogP contribution in [0.3, 0.4) is 0 Å². The van der Waals surface area contributed by atoms with E-state index in [1.807, 2.05) is 67.5 Å². The Bertz CT molecular complexity index is 1180. The number of hydrogen-bond donors (Lipinski definition) is 0. The Morgan fingerprint density at radius 2 is 1.58 bits per heavy atom. The highest BCUT2D eigenvalue weighted by molar-refractivity contribution is 7.09. The van der Waals surface area contributed by atoms with Crippen molar-refractivity contribution >= 4 is 22.6 Å². The molecule has 0 fully saturated rings. The monoisotopic (exact) mass is 503 g/mol. The van der Waals surface area contributed by atoms with Gasteiger partial charge in [-0.1, -0.05) is 60.7 Å². The third-order valence-electron chi connectivity index (χ3n) is 5.84. The number of benzene rings is 2. The van der Waals surface area contributed by atoms with Crippen molar-refractivity contribution < 1.29 is 9.21 Å². The zero-order valence-corrected chi connectivity index (χ0v) is 21.7.